The van der Waals surface area contributed by atoms with Crippen molar-refractivity contribution in [3.8, 4) is 56.5 Å². The molecular weight excluding hydrogens is 801 g/mol. The summed E-state index contributed by atoms with van der Waals surface area (Å²) in [6.07, 6.45) is 0.919. The molecule has 0 saturated carbocycles. The summed E-state index contributed by atoms with van der Waals surface area (Å²) in [7, 11) is 0. The molecule has 0 saturated heterocycles. The van der Waals surface area contributed by atoms with Crippen LogP contribution in [0.5, 0.6) is 0 Å². The van der Waals surface area contributed by atoms with Crippen LogP contribution >= 0.6 is 0 Å². The molecule has 0 unspecified atom stereocenters. The second kappa shape index (κ2) is 14.0. The van der Waals surface area contributed by atoms with Crippen molar-refractivity contribution in [2.75, 3.05) is 0 Å². The molecule has 4 heteroatoms. The lowest BCUT2D eigenvalue weighted by Crippen LogP contribution is -2.02. The molecule has 0 amide bonds. The Morgan fingerprint density at radius 3 is 1.73 bits per heavy atom. The number of fused-ring (bicyclic) bond motifs is 13. The lowest BCUT2D eigenvalue weighted by atomic mass is 9.98. The van der Waals surface area contributed by atoms with Crippen LogP contribution in [0.3, 0.4) is 0 Å². The molecular formula is C62H38N4. The zero-order chi connectivity index (χ0) is 43.5. The van der Waals surface area contributed by atoms with Gasteiger partial charge in [-0.3, -0.25) is 0 Å². The first kappa shape index (κ1) is 36.6. The number of rotatable bonds is 5. The van der Waals surface area contributed by atoms with Gasteiger partial charge in [0.05, 0.1) is 50.4 Å². The molecule has 0 atom stereocenters. The molecule has 1 aliphatic rings. The van der Waals surface area contributed by atoms with Crippen LogP contribution in [0.1, 0.15) is 16.7 Å². The molecule has 1 aliphatic carbocycles. The Morgan fingerprint density at radius 2 is 0.970 bits per heavy atom. The first-order chi connectivity index (χ1) is 32.7. The standard InChI is InChI=1S/C62H38N4/c63-38-39-22-24-40(25-23-39)41-26-28-42(29-27-41)48-31-30-46(36-60(48)66-56-20-10-7-17-50(56)54-37-53-44(35-59(54)66)34-43-12-4-5-15-47(43)53)64-57-21-11-8-18-52(57)61-58(64)33-32-51-49-16-6-9-19-55(49)65(62(51)61)45-13-2-1-3-14-45/h1-33,35-37H,34H2. The van der Waals surface area contributed by atoms with Crippen molar-refractivity contribution in [3.05, 3.63) is 235 Å². The van der Waals surface area contributed by atoms with Gasteiger partial charge in [-0.25, -0.2) is 0 Å². The fraction of sp³-hybridized carbons (Fsp3) is 0.0161. The Balaban J connectivity index is 1.05. The van der Waals surface area contributed by atoms with Crippen molar-refractivity contribution in [1.29, 1.82) is 5.26 Å². The van der Waals surface area contributed by atoms with Crippen molar-refractivity contribution >= 4 is 65.4 Å². The van der Waals surface area contributed by atoms with E-state index in [1.807, 2.05) is 24.3 Å². The first-order valence-electron chi connectivity index (χ1n) is 22.6. The van der Waals surface area contributed by atoms with Gasteiger partial charge in [0.25, 0.3) is 0 Å². The highest BCUT2D eigenvalue weighted by Gasteiger charge is 2.25. The number of hydrogen-bond donors (Lipinski definition) is 0. The Bertz CT molecular complexity index is 4180. The van der Waals surface area contributed by atoms with E-state index >= 15 is 0 Å². The van der Waals surface area contributed by atoms with E-state index in [1.54, 1.807) is 0 Å². The van der Waals surface area contributed by atoms with Crippen molar-refractivity contribution < 1.29 is 0 Å². The van der Waals surface area contributed by atoms with Gasteiger partial charge in [0.1, 0.15) is 0 Å². The van der Waals surface area contributed by atoms with Crippen molar-refractivity contribution in [3.63, 3.8) is 0 Å². The molecule has 306 valence electrons. The maximum atomic E-state index is 9.44. The van der Waals surface area contributed by atoms with E-state index in [4.69, 9.17) is 0 Å². The molecule has 3 aromatic heterocycles. The van der Waals surface area contributed by atoms with Crippen molar-refractivity contribution in [1.82, 2.24) is 13.7 Å². The lowest BCUT2D eigenvalue weighted by molar-refractivity contribution is 1.13. The smallest absolute Gasteiger partial charge is 0.0991 e. The third-order valence-corrected chi connectivity index (χ3v) is 14.1. The molecule has 4 nitrogen and oxygen atoms in total. The Hall–Kier alpha value is -8.91. The molecule has 0 spiro atoms. The van der Waals surface area contributed by atoms with E-state index < -0.39 is 0 Å². The first-order valence-corrected chi connectivity index (χ1v) is 22.6. The van der Waals surface area contributed by atoms with Crippen molar-refractivity contribution in [2.45, 2.75) is 6.42 Å². The van der Waals surface area contributed by atoms with Gasteiger partial charge in [-0.05, 0) is 118 Å². The van der Waals surface area contributed by atoms with Crippen molar-refractivity contribution in [2.24, 2.45) is 0 Å². The van der Waals surface area contributed by atoms with Gasteiger partial charge < -0.3 is 13.7 Å². The van der Waals surface area contributed by atoms with E-state index in [-0.39, 0.29) is 0 Å². The highest BCUT2D eigenvalue weighted by Crippen LogP contribution is 2.46. The van der Waals surface area contributed by atoms with Gasteiger partial charge in [0.2, 0.25) is 0 Å². The van der Waals surface area contributed by atoms with E-state index in [1.165, 1.54) is 76.6 Å². The van der Waals surface area contributed by atoms with Crippen LogP contribution in [0.25, 0.3) is 116 Å². The quantitative estimate of drug-likeness (QED) is 0.170. The van der Waals surface area contributed by atoms with Crippen LogP contribution in [0, 0.1) is 11.3 Å². The van der Waals surface area contributed by atoms with Crippen LogP contribution in [0.2, 0.25) is 0 Å². The van der Waals surface area contributed by atoms with Crippen LogP contribution in [0.4, 0.5) is 0 Å². The summed E-state index contributed by atoms with van der Waals surface area (Å²) in [6, 6.07) is 81.8. The van der Waals surface area contributed by atoms with Crippen LogP contribution < -0.4 is 0 Å². The molecule has 13 aromatic rings. The second-order valence-electron chi connectivity index (χ2n) is 17.6. The van der Waals surface area contributed by atoms with E-state index in [0.717, 1.165) is 56.8 Å². The van der Waals surface area contributed by atoms with Gasteiger partial charge in [-0.1, -0.05) is 146 Å². The maximum absolute atomic E-state index is 9.44. The summed E-state index contributed by atoms with van der Waals surface area (Å²) >= 11 is 0. The summed E-state index contributed by atoms with van der Waals surface area (Å²) in [6.45, 7) is 0. The summed E-state index contributed by atoms with van der Waals surface area (Å²) in [5.41, 5.74) is 21.0. The second-order valence-corrected chi connectivity index (χ2v) is 17.6. The zero-order valence-corrected chi connectivity index (χ0v) is 35.8. The molecule has 0 fully saturated rings. The third kappa shape index (κ3) is 5.26. The fourth-order valence-corrected chi connectivity index (χ4v) is 11.2. The van der Waals surface area contributed by atoms with Gasteiger partial charge in [0, 0.05) is 49.3 Å². The molecule has 0 aliphatic heterocycles. The molecule has 0 bridgehead atoms. The van der Waals surface area contributed by atoms with Gasteiger partial charge >= 0.3 is 0 Å². The minimum atomic E-state index is 0.659. The largest absolute Gasteiger partial charge is 0.309 e. The topological polar surface area (TPSA) is 38.6 Å². The third-order valence-electron chi connectivity index (χ3n) is 14.1. The van der Waals surface area contributed by atoms with Gasteiger partial charge in [-0.15, -0.1) is 0 Å². The van der Waals surface area contributed by atoms with Crippen LogP contribution in [0.15, 0.2) is 218 Å². The summed E-state index contributed by atoms with van der Waals surface area (Å²) in [4.78, 5) is 0. The Labute approximate surface area is 380 Å². The number of nitriles is 1. The minimum absolute atomic E-state index is 0.659. The summed E-state index contributed by atoms with van der Waals surface area (Å²) in [5, 5.41) is 16.9. The van der Waals surface area contributed by atoms with E-state index in [2.05, 4.69) is 214 Å². The number of nitrogens with zero attached hydrogens (tertiary/aromatic N) is 4. The predicted molar refractivity (Wildman–Crippen MR) is 273 cm³/mol. The van der Waals surface area contributed by atoms with Gasteiger partial charge in [0.15, 0.2) is 0 Å². The lowest BCUT2D eigenvalue weighted by Gasteiger charge is -2.18. The maximum Gasteiger partial charge on any atom is 0.0991 e. The number of hydrogen-bond acceptors (Lipinski definition) is 1. The van der Waals surface area contributed by atoms with Crippen LogP contribution in [-0.2, 0) is 6.42 Å². The summed E-state index contributed by atoms with van der Waals surface area (Å²) < 4.78 is 7.44. The Kier molecular flexibility index (Phi) is 7.78. The van der Waals surface area contributed by atoms with E-state index in [0.29, 0.717) is 5.56 Å². The van der Waals surface area contributed by atoms with Crippen LogP contribution in [-0.4, -0.2) is 13.7 Å². The molecule has 14 rings (SSSR count). The average molecular weight is 839 g/mol. The molecule has 66 heavy (non-hydrogen) atoms. The number of aromatic nitrogens is 3. The SMILES string of the molecule is N#Cc1ccc(-c2ccc(-c3ccc(-n4c5ccccc5c5c4ccc4c6ccccc6n(-c6ccccc6)c45)cc3-n3c4ccccc4c4cc5c(cc43)Cc3ccccc3-5)cc2)cc1. The molecule has 0 N–H and O–H groups in total. The number of para-hydroxylation sites is 4. The predicted octanol–water partition coefficient (Wildman–Crippen LogP) is 15.8. The van der Waals surface area contributed by atoms with E-state index in [9.17, 15) is 5.26 Å². The normalized spacial score (nSPS) is 12.2. The Morgan fingerprint density at radius 1 is 0.348 bits per heavy atom. The monoisotopic (exact) mass is 838 g/mol. The zero-order valence-electron chi connectivity index (χ0n) is 35.8. The molecule has 10 aromatic carbocycles. The molecule has 3 heterocycles. The fourth-order valence-electron chi connectivity index (χ4n) is 11.2. The molecule has 0 radical (unpaired) electrons. The number of benzene rings is 10. The minimum Gasteiger partial charge on any atom is -0.309 e. The van der Waals surface area contributed by atoms with Gasteiger partial charge in [-0.2, -0.15) is 5.26 Å². The highest BCUT2D eigenvalue weighted by molar-refractivity contribution is 6.26. The highest BCUT2D eigenvalue weighted by atomic mass is 15.0. The summed E-state index contributed by atoms with van der Waals surface area (Å²) in [5.74, 6) is 0. The average Bonchev–Trinajstić information content (AvgIpc) is 4.12.